The van der Waals surface area contributed by atoms with Crippen molar-refractivity contribution in [3.05, 3.63) is 63.6 Å². The van der Waals surface area contributed by atoms with Crippen LogP contribution in [0.3, 0.4) is 0 Å². The number of carbonyl (C=O) groups is 2. The van der Waals surface area contributed by atoms with Gasteiger partial charge >= 0.3 is 0 Å². The van der Waals surface area contributed by atoms with Crippen LogP contribution in [0.15, 0.2) is 42.5 Å². The molecule has 1 N–H and O–H groups in total. The van der Waals surface area contributed by atoms with Gasteiger partial charge < -0.3 is 15.0 Å². The largest absolute Gasteiger partial charge is 0.484 e. The third-order valence-electron chi connectivity index (χ3n) is 4.64. The van der Waals surface area contributed by atoms with E-state index in [1.807, 2.05) is 39.0 Å². The quantitative estimate of drug-likeness (QED) is 0.552. The van der Waals surface area contributed by atoms with Gasteiger partial charge in [0.05, 0.1) is 0 Å². The topological polar surface area (TPSA) is 58.6 Å². The number of amides is 2. The molecule has 0 spiro atoms. The lowest BCUT2D eigenvalue weighted by molar-refractivity contribution is -0.143. The Bertz CT molecular complexity index is 873. The fourth-order valence-corrected chi connectivity index (χ4v) is 3.52. The number of benzene rings is 2. The van der Waals surface area contributed by atoms with Crippen molar-refractivity contribution in [2.45, 2.75) is 46.2 Å². The molecule has 5 nitrogen and oxygen atoms in total. The van der Waals surface area contributed by atoms with Crippen molar-refractivity contribution in [3.8, 4) is 5.75 Å². The Kier molecular flexibility index (Phi) is 9.47. The highest BCUT2D eigenvalue weighted by Crippen LogP contribution is 2.24. The first kappa shape index (κ1) is 24.0. The van der Waals surface area contributed by atoms with Crippen molar-refractivity contribution in [2.75, 3.05) is 13.2 Å². The maximum absolute atomic E-state index is 13.1. The van der Waals surface area contributed by atoms with Crippen LogP contribution in [-0.2, 0) is 16.1 Å². The van der Waals surface area contributed by atoms with Gasteiger partial charge in [0.2, 0.25) is 5.91 Å². The zero-order valence-electron chi connectivity index (χ0n) is 17.6. The predicted octanol–water partition coefficient (Wildman–Crippen LogP) is 5.01. The lowest BCUT2D eigenvalue weighted by atomic mass is 10.1. The van der Waals surface area contributed by atoms with E-state index in [-0.39, 0.29) is 25.0 Å². The average molecular weight is 451 g/mol. The van der Waals surface area contributed by atoms with Crippen molar-refractivity contribution in [2.24, 2.45) is 0 Å². The van der Waals surface area contributed by atoms with Gasteiger partial charge in [-0.05, 0) is 55.2 Å². The molecule has 0 unspecified atom stereocenters. The molecule has 0 aliphatic carbocycles. The minimum absolute atomic E-state index is 0.174. The van der Waals surface area contributed by atoms with E-state index in [9.17, 15) is 9.59 Å². The molecule has 0 fully saturated rings. The summed E-state index contributed by atoms with van der Waals surface area (Å²) in [5, 5.41) is 3.84. The minimum Gasteiger partial charge on any atom is -0.484 e. The second kappa shape index (κ2) is 11.8. The molecule has 2 amide bonds. The number of nitrogens with zero attached hydrogens (tertiary/aromatic N) is 1. The van der Waals surface area contributed by atoms with Crippen LogP contribution in [0.4, 0.5) is 0 Å². The van der Waals surface area contributed by atoms with Crippen molar-refractivity contribution < 1.29 is 14.3 Å². The Hall–Kier alpha value is -2.24. The summed E-state index contributed by atoms with van der Waals surface area (Å²) in [7, 11) is 0. The van der Waals surface area contributed by atoms with Gasteiger partial charge in [0.25, 0.3) is 5.91 Å². The second-order valence-corrected chi connectivity index (χ2v) is 7.92. The summed E-state index contributed by atoms with van der Waals surface area (Å²) in [6, 6.07) is 12.0. The standard InChI is InChI=1S/C23H28Cl2N2O3/c1-4-11-26-23(29)21(5-2)27(14-17-9-10-18(24)13-20(17)25)22(28)15-30-19-8-6-7-16(3)12-19/h6-10,12-13,21H,4-5,11,14-15H2,1-3H3,(H,26,29)/t21-/m1/s1. The van der Waals surface area contributed by atoms with Crippen molar-refractivity contribution in [1.29, 1.82) is 0 Å². The monoisotopic (exact) mass is 450 g/mol. The Morgan fingerprint density at radius 3 is 2.53 bits per heavy atom. The highest BCUT2D eigenvalue weighted by Gasteiger charge is 2.29. The molecule has 0 radical (unpaired) electrons. The first-order chi connectivity index (χ1) is 14.3. The molecule has 162 valence electrons. The molecule has 1 atom stereocenters. The van der Waals surface area contributed by atoms with Crippen LogP contribution in [0.25, 0.3) is 0 Å². The number of hydrogen-bond acceptors (Lipinski definition) is 3. The Balaban J connectivity index is 2.23. The van der Waals surface area contributed by atoms with Crippen molar-refractivity contribution in [1.82, 2.24) is 10.2 Å². The molecule has 2 aromatic rings. The second-order valence-electron chi connectivity index (χ2n) is 7.08. The van der Waals surface area contributed by atoms with Crippen LogP contribution in [0, 0.1) is 6.92 Å². The van der Waals surface area contributed by atoms with Gasteiger partial charge in [-0.3, -0.25) is 9.59 Å². The zero-order chi connectivity index (χ0) is 22.1. The van der Waals surface area contributed by atoms with Gasteiger partial charge in [-0.25, -0.2) is 0 Å². The molecule has 0 aliphatic heterocycles. The van der Waals surface area contributed by atoms with E-state index in [0.717, 1.165) is 12.0 Å². The number of rotatable bonds is 10. The zero-order valence-corrected chi connectivity index (χ0v) is 19.1. The molecule has 0 saturated carbocycles. The molecule has 0 bridgehead atoms. The number of aryl methyl sites for hydroxylation is 1. The van der Waals surface area contributed by atoms with Crippen LogP contribution in [0.2, 0.25) is 10.0 Å². The van der Waals surface area contributed by atoms with Crippen LogP contribution >= 0.6 is 23.2 Å². The van der Waals surface area contributed by atoms with E-state index >= 15 is 0 Å². The minimum atomic E-state index is -0.628. The summed E-state index contributed by atoms with van der Waals surface area (Å²) in [5.74, 6) is 0.130. The van der Waals surface area contributed by atoms with E-state index in [1.54, 1.807) is 24.3 Å². The van der Waals surface area contributed by atoms with E-state index in [0.29, 0.717) is 34.3 Å². The number of carbonyl (C=O) groups excluding carboxylic acids is 2. The van der Waals surface area contributed by atoms with Crippen LogP contribution in [0.1, 0.15) is 37.8 Å². The lowest BCUT2D eigenvalue weighted by Gasteiger charge is -2.31. The van der Waals surface area contributed by atoms with Gasteiger partial charge in [0, 0.05) is 23.1 Å². The lowest BCUT2D eigenvalue weighted by Crippen LogP contribution is -2.50. The molecule has 2 rings (SSSR count). The summed E-state index contributed by atoms with van der Waals surface area (Å²) < 4.78 is 5.70. The number of nitrogens with one attached hydrogen (secondary N) is 1. The molecule has 0 aromatic heterocycles. The summed E-state index contributed by atoms with van der Waals surface area (Å²) in [4.78, 5) is 27.4. The fourth-order valence-electron chi connectivity index (χ4n) is 3.05. The van der Waals surface area contributed by atoms with Crippen LogP contribution in [-0.4, -0.2) is 35.9 Å². The van der Waals surface area contributed by atoms with Crippen LogP contribution < -0.4 is 10.1 Å². The maximum atomic E-state index is 13.1. The van der Waals surface area contributed by atoms with Gasteiger partial charge in [-0.15, -0.1) is 0 Å². The first-order valence-corrected chi connectivity index (χ1v) is 10.8. The maximum Gasteiger partial charge on any atom is 0.261 e. The summed E-state index contributed by atoms with van der Waals surface area (Å²) in [5.41, 5.74) is 1.75. The molecule has 2 aromatic carbocycles. The van der Waals surface area contributed by atoms with Crippen molar-refractivity contribution >= 4 is 35.0 Å². The number of ether oxygens (including phenoxy) is 1. The van der Waals surface area contributed by atoms with Gasteiger partial charge in [0.1, 0.15) is 11.8 Å². The van der Waals surface area contributed by atoms with E-state index in [4.69, 9.17) is 27.9 Å². The molecule has 0 saturated heterocycles. The highest BCUT2D eigenvalue weighted by molar-refractivity contribution is 6.35. The average Bonchev–Trinajstić information content (AvgIpc) is 2.71. The van der Waals surface area contributed by atoms with Gasteiger partial charge in [0.15, 0.2) is 6.61 Å². The van der Waals surface area contributed by atoms with E-state index < -0.39 is 6.04 Å². The Morgan fingerprint density at radius 2 is 1.90 bits per heavy atom. The van der Waals surface area contributed by atoms with Gasteiger partial charge in [-0.1, -0.05) is 55.2 Å². The van der Waals surface area contributed by atoms with Crippen molar-refractivity contribution in [3.63, 3.8) is 0 Å². The van der Waals surface area contributed by atoms with Gasteiger partial charge in [-0.2, -0.15) is 0 Å². The smallest absolute Gasteiger partial charge is 0.261 e. The fraction of sp³-hybridized carbons (Fsp3) is 0.391. The third kappa shape index (κ3) is 6.92. The Labute approximate surface area is 188 Å². The molecular weight excluding hydrogens is 423 g/mol. The predicted molar refractivity (Wildman–Crippen MR) is 121 cm³/mol. The molecule has 7 heteroatoms. The molecule has 0 aliphatic rings. The summed E-state index contributed by atoms with van der Waals surface area (Å²) in [6.45, 7) is 6.37. The highest BCUT2D eigenvalue weighted by atomic mass is 35.5. The first-order valence-electron chi connectivity index (χ1n) is 10.1. The summed E-state index contributed by atoms with van der Waals surface area (Å²) in [6.07, 6.45) is 1.28. The number of hydrogen-bond donors (Lipinski definition) is 1. The molecular formula is C23H28Cl2N2O3. The van der Waals surface area contributed by atoms with E-state index in [1.165, 1.54) is 4.90 Å². The van der Waals surface area contributed by atoms with E-state index in [2.05, 4.69) is 5.32 Å². The third-order valence-corrected chi connectivity index (χ3v) is 5.23. The SMILES string of the molecule is CCCNC(=O)[C@@H](CC)N(Cc1ccc(Cl)cc1Cl)C(=O)COc1cccc(C)c1. The normalized spacial score (nSPS) is 11.6. The molecule has 0 heterocycles. The molecule has 30 heavy (non-hydrogen) atoms. The van der Waals surface area contributed by atoms with Crippen LogP contribution in [0.5, 0.6) is 5.75 Å². The number of halogens is 2. The Morgan fingerprint density at radius 1 is 1.13 bits per heavy atom. The summed E-state index contributed by atoms with van der Waals surface area (Å²) >= 11 is 12.3.